The van der Waals surface area contributed by atoms with E-state index in [9.17, 15) is 29.1 Å². The SMILES string of the molecule is CC(C)C[C@H](NC(=O)[C@H](CC(N)=O)NC(=O)[C@H](Cc1cnc[nH]1)NC(=O)[C@@H](N)CC(C)C)C(=O)O. The van der Waals surface area contributed by atoms with Crippen LogP contribution in [-0.4, -0.2) is 68.8 Å². The van der Waals surface area contributed by atoms with Crippen LogP contribution in [0.3, 0.4) is 0 Å². The summed E-state index contributed by atoms with van der Waals surface area (Å²) in [6.45, 7) is 7.38. The molecule has 0 bridgehead atoms. The Morgan fingerprint density at radius 2 is 1.46 bits per heavy atom. The highest BCUT2D eigenvalue weighted by atomic mass is 16.4. The molecular formula is C22H37N7O6. The van der Waals surface area contributed by atoms with Gasteiger partial charge in [0.1, 0.15) is 18.1 Å². The zero-order chi connectivity index (χ0) is 26.7. The van der Waals surface area contributed by atoms with Crippen molar-refractivity contribution in [3.05, 3.63) is 18.2 Å². The normalized spacial score (nSPS) is 14.6. The van der Waals surface area contributed by atoms with Crippen molar-refractivity contribution in [2.24, 2.45) is 23.3 Å². The van der Waals surface area contributed by atoms with Gasteiger partial charge in [-0.05, 0) is 24.7 Å². The molecular weight excluding hydrogens is 458 g/mol. The minimum Gasteiger partial charge on any atom is -0.480 e. The number of nitrogens with one attached hydrogen (secondary N) is 4. The van der Waals surface area contributed by atoms with Gasteiger partial charge in [0.15, 0.2) is 0 Å². The molecule has 1 aromatic heterocycles. The smallest absolute Gasteiger partial charge is 0.326 e. The topological polar surface area (TPSA) is 222 Å². The van der Waals surface area contributed by atoms with Crippen LogP contribution >= 0.6 is 0 Å². The second kappa shape index (κ2) is 14.0. The van der Waals surface area contributed by atoms with E-state index in [1.165, 1.54) is 12.5 Å². The van der Waals surface area contributed by atoms with Gasteiger partial charge in [0, 0.05) is 18.3 Å². The summed E-state index contributed by atoms with van der Waals surface area (Å²) in [5.41, 5.74) is 11.7. The second-order valence-electron chi connectivity index (χ2n) is 9.34. The van der Waals surface area contributed by atoms with Crippen LogP contribution in [0.4, 0.5) is 0 Å². The van der Waals surface area contributed by atoms with E-state index >= 15 is 0 Å². The average molecular weight is 496 g/mol. The van der Waals surface area contributed by atoms with E-state index < -0.39 is 60.2 Å². The van der Waals surface area contributed by atoms with Crippen molar-refractivity contribution in [3.63, 3.8) is 0 Å². The summed E-state index contributed by atoms with van der Waals surface area (Å²) in [6.07, 6.45) is 2.84. The number of H-pyrrole nitrogens is 1. The molecule has 0 aromatic carbocycles. The lowest BCUT2D eigenvalue weighted by atomic mass is 10.0. The first-order valence-corrected chi connectivity index (χ1v) is 11.4. The number of carboxylic acid groups (broad SMARTS) is 1. The summed E-state index contributed by atoms with van der Waals surface area (Å²) in [6, 6.07) is -4.68. The zero-order valence-corrected chi connectivity index (χ0v) is 20.5. The van der Waals surface area contributed by atoms with Crippen LogP contribution in [0, 0.1) is 11.8 Å². The fourth-order valence-corrected chi connectivity index (χ4v) is 3.37. The van der Waals surface area contributed by atoms with Crippen molar-refractivity contribution in [2.75, 3.05) is 0 Å². The molecule has 0 radical (unpaired) electrons. The fraction of sp³-hybridized carbons (Fsp3) is 0.636. The molecule has 0 spiro atoms. The van der Waals surface area contributed by atoms with E-state index in [1.807, 2.05) is 13.8 Å². The molecule has 4 amide bonds. The average Bonchev–Trinajstić information content (AvgIpc) is 3.24. The Bertz CT molecular complexity index is 872. The molecule has 1 rings (SSSR count). The molecule has 13 heteroatoms. The van der Waals surface area contributed by atoms with Gasteiger partial charge in [-0.15, -0.1) is 0 Å². The maximum absolute atomic E-state index is 13.1. The van der Waals surface area contributed by atoms with Crippen molar-refractivity contribution in [1.29, 1.82) is 0 Å². The molecule has 0 saturated carbocycles. The quantitative estimate of drug-likeness (QED) is 0.156. The van der Waals surface area contributed by atoms with Gasteiger partial charge in [0.2, 0.25) is 23.6 Å². The first kappa shape index (κ1) is 29.6. The zero-order valence-electron chi connectivity index (χ0n) is 20.5. The minimum atomic E-state index is -1.44. The first-order chi connectivity index (χ1) is 16.3. The Balaban J connectivity index is 3.06. The lowest BCUT2D eigenvalue weighted by Gasteiger charge is -2.25. The van der Waals surface area contributed by atoms with E-state index in [0.29, 0.717) is 12.1 Å². The number of aliphatic carboxylic acids is 1. The molecule has 1 aromatic rings. The minimum absolute atomic E-state index is 0.00197. The Hall–Kier alpha value is -3.48. The highest BCUT2D eigenvalue weighted by Crippen LogP contribution is 2.08. The van der Waals surface area contributed by atoms with E-state index in [4.69, 9.17) is 11.5 Å². The maximum atomic E-state index is 13.1. The van der Waals surface area contributed by atoms with Gasteiger partial charge in [-0.3, -0.25) is 19.2 Å². The fourth-order valence-electron chi connectivity index (χ4n) is 3.37. The predicted octanol–water partition coefficient (Wildman–Crippen LogP) is -1.21. The Morgan fingerprint density at radius 3 is 1.94 bits per heavy atom. The van der Waals surface area contributed by atoms with Crippen molar-refractivity contribution < 1.29 is 29.1 Å². The number of hydrogen-bond acceptors (Lipinski definition) is 7. The van der Waals surface area contributed by atoms with Crippen molar-refractivity contribution in [3.8, 4) is 0 Å². The van der Waals surface area contributed by atoms with Crippen molar-refractivity contribution >= 4 is 29.6 Å². The van der Waals surface area contributed by atoms with Crippen LogP contribution in [0.1, 0.15) is 52.7 Å². The second-order valence-corrected chi connectivity index (χ2v) is 9.34. The number of nitrogens with zero attached hydrogens (tertiary/aromatic N) is 1. The third kappa shape index (κ3) is 11.0. The number of rotatable bonds is 15. The predicted molar refractivity (Wildman–Crippen MR) is 126 cm³/mol. The van der Waals surface area contributed by atoms with Gasteiger partial charge in [-0.2, -0.15) is 0 Å². The van der Waals surface area contributed by atoms with Gasteiger partial charge in [0.05, 0.1) is 18.8 Å². The number of nitrogens with two attached hydrogens (primary N) is 2. The summed E-state index contributed by atoms with van der Waals surface area (Å²) >= 11 is 0. The summed E-state index contributed by atoms with van der Waals surface area (Å²) in [5.74, 6) is -4.24. The Kier molecular flexibility index (Phi) is 11.9. The standard InChI is InChI=1S/C22H37N7O6/c1-11(2)5-14(23)19(31)27-15(7-13-9-25-10-26-13)20(32)28-16(8-18(24)30)21(33)29-17(22(34)35)6-12(3)4/h9-12,14-17H,5-8,23H2,1-4H3,(H2,24,30)(H,25,26)(H,27,31)(H,28,32)(H,29,33)(H,34,35)/t14-,15-,16-,17-/m0/s1. The highest BCUT2D eigenvalue weighted by Gasteiger charge is 2.31. The van der Waals surface area contributed by atoms with E-state index in [-0.39, 0.29) is 24.7 Å². The van der Waals surface area contributed by atoms with E-state index in [1.54, 1.807) is 13.8 Å². The van der Waals surface area contributed by atoms with Gasteiger partial charge in [0.25, 0.3) is 0 Å². The molecule has 35 heavy (non-hydrogen) atoms. The van der Waals surface area contributed by atoms with Crippen LogP contribution in [0.5, 0.6) is 0 Å². The summed E-state index contributed by atoms with van der Waals surface area (Å²) in [4.78, 5) is 68.3. The largest absolute Gasteiger partial charge is 0.480 e. The number of carboxylic acids is 1. The van der Waals surface area contributed by atoms with Crippen molar-refractivity contribution in [1.82, 2.24) is 25.9 Å². The third-order valence-electron chi connectivity index (χ3n) is 5.03. The van der Waals surface area contributed by atoms with Crippen LogP contribution in [0.25, 0.3) is 0 Å². The third-order valence-corrected chi connectivity index (χ3v) is 5.03. The van der Waals surface area contributed by atoms with Gasteiger partial charge >= 0.3 is 5.97 Å². The Morgan fingerprint density at radius 1 is 0.914 bits per heavy atom. The monoisotopic (exact) mass is 495 g/mol. The van der Waals surface area contributed by atoms with Crippen LogP contribution in [0.15, 0.2) is 12.5 Å². The van der Waals surface area contributed by atoms with E-state index in [2.05, 4.69) is 25.9 Å². The summed E-state index contributed by atoms with van der Waals surface area (Å²) < 4.78 is 0. The molecule has 0 unspecified atom stereocenters. The summed E-state index contributed by atoms with van der Waals surface area (Å²) in [7, 11) is 0. The molecule has 13 nitrogen and oxygen atoms in total. The molecule has 0 aliphatic rings. The first-order valence-electron chi connectivity index (χ1n) is 11.4. The number of aromatic nitrogens is 2. The number of carbonyl (C=O) groups excluding carboxylic acids is 4. The highest BCUT2D eigenvalue weighted by molar-refractivity contribution is 5.96. The molecule has 196 valence electrons. The van der Waals surface area contributed by atoms with Crippen LogP contribution in [-0.2, 0) is 30.4 Å². The van der Waals surface area contributed by atoms with Gasteiger partial charge in [-0.1, -0.05) is 27.7 Å². The van der Waals surface area contributed by atoms with Crippen molar-refractivity contribution in [2.45, 2.75) is 77.5 Å². The lowest BCUT2D eigenvalue weighted by molar-refractivity contribution is -0.143. The van der Waals surface area contributed by atoms with E-state index in [0.717, 1.165) is 0 Å². The van der Waals surface area contributed by atoms with Crippen LogP contribution < -0.4 is 27.4 Å². The molecule has 0 saturated heterocycles. The number of imidazole rings is 1. The summed E-state index contributed by atoms with van der Waals surface area (Å²) in [5, 5.41) is 16.7. The number of hydrogen-bond donors (Lipinski definition) is 7. The maximum Gasteiger partial charge on any atom is 0.326 e. The molecule has 0 aliphatic carbocycles. The molecule has 0 fully saturated rings. The molecule has 0 aliphatic heterocycles. The van der Waals surface area contributed by atoms with Crippen LogP contribution in [0.2, 0.25) is 0 Å². The lowest BCUT2D eigenvalue weighted by Crippen LogP contribution is -2.58. The molecule has 9 N–H and O–H groups in total. The molecule has 4 atom stereocenters. The number of amides is 4. The van der Waals surface area contributed by atoms with Gasteiger partial charge in [-0.25, -0.2) is 9.78 Å². The number of aromatic amines is 1. The van der Waals surface area contributed by atoms with Gasteiger partial charge < -0.3 is 37.5 Å². The number of primary amides is 1. The number of carbonyl (C=O) groups is 5. The Labute approximate surface area is 204 Å². The molecule has 1 heterocycles.